The van der Waals surface area contributed by atoms with Gasteiger partial charge in [-0.25, -0.2) is 0 Å². The number of hydrogen-bond donors (Lipinski definition) is 0. The molecule has 3 nitrogen and oxygen atoms in total. The van der Waals surface area contributed by atoms with Gasteiger partial charge in [-0.3, -0.25) is 0 Å². The van der Waals surface area contributed by atoms with E-state index in [0.29, 0.717) is 19.0 Å². The molecule has 0 aromatic heterocycles. The van der Waals surface area contributed by atoms with Crippen LogP contribution in [0.3, 0.4) is 0 Å². The maximum atomic E-state index is 9.66. The summed E-state index contributed by atoms with van der Waals surface area (Å²) in [5, 5.41) is 9.66. The van der Waals surface area contributed by atoms with Crippen LogP contribution in [0, 0.1) is 22.7 Å². The molecule has 0 radical (unpaired) electrons. The highest BCUT2D eigenvalue weighted by Gasteiger charge is 2.35. The van der Waals surface area contributed by atoms with E-state index >= 15 is 0 Å². The normalized spacial score (nSPS) is 30.8. The van der Waals surface area contributed by atoms with E-state index in [0.717, 1.165) is 38.0 Å². The van der Waals surface area contributed by atoms with Crippen LogP contribution >= 0.6 is 0 Å². The molecule has 0 bridgehead atoms. The summed E-state index contributed by atoms with van der Waals surface area (Å²) in [5.74, 6) is 0.933. The van der Waals surface area contributed by atoms with Gasteiger partial charge in [0.15, 0.2) is 0 Å². The highest BCUT2D eigenvalue weighted by molar-refractivity contribution is 5.01. The summed E-state index contributed by atoms with van der Waals surface area (Å²) in [5.41, 5.74) is -0.0780. The molecule has 0 aliphatic heterocycles. The van der Waals surface area contributed by atoms with Crippen molar-refractivity contribution >= 4 is 0 Å². The third kappa shape index (κ3) is 8.42. The first-order chi connectivity index (χ1) is 13.7. The predicted octanol–water partition coefficient (Wildman–Crippen LogP) is 7.54. The number of unbranched alkanes of at least 4 members (excludes halogenated alkanes) is 5. The first-order valence-electron chi connectivity index (χ1n) is 12.4. The standard InChI is InChI=1S/C25H45NO2/c1-3-5-7-8-10-22-11-13-23(14-12-22)27-21-28-24-15-18-25(20-26,19-16-24)17-9-6-4-2/h22-24H,3-19,21H2,1-2H3/t22-,23-,24-,25-. The Morgan fingerprint density at radius 1 is 0.786 bits per heavy atom. The maximum absolute atomic E-state index is 9.66. The van der Waals surface area contributed by atoms with E-state index in [1.165, 1.54) is 77.0 Å². The first-order valence-corrected chi connectivity index (χ1v) is 12.4. The average Bonchev–Trinajstić information content (AvgIpc) is 2.74. The molecule has 2 fully saturated rings. The molecule has 2 aliphatic rings. The van der Waals surface area contributed by atoms with Gasteiger partial charge in [0.25, 0.3) is 0 Å². The van der Waals surface area contributed by atoms with Crippen molar-refractivity contribution in [3.8, 4) is 6.07 Å². The van der Waals surface area contributed by atoms with Crippen LogP contribution in [0.5, 0.6) is 0 Å². The van der Waals surface area contributed by atoms with Crippen LogP contribution in [0.2, 0.25) is 0 Å². The molecular weight excluding hydrogens is 346 g/mol. The largest absolute Gasteiger partial charge is 0.352 e. The van der Waals surface area contributed by atoms with Crippen molar-refractivity contribution in [1.29, 1.82) is 5.26 Å². The van der Waals surface area contributed by atoms with E-state index in [4.69, 9.17) is 9.47 Å². The van der Waals surface area contributed by atoms with Crippen molar-refractivity contribution in [1.82, 2.24) is 0 Å². The van der Waals surface area contributed by atoms with Gasteiger partial charge >= 0.3 is 0 Å². The number of rotatable bonds is 13. The summed E-state index contributed by atoms with van der Waals surface area (Å²) in [4.78, 5) is 0. The molecule has 162 valence electrons. The van der Waals surface area contributed by atoms with E-state index in [-0.39, 0.29) is 5.41 Å². The Hall–Kier alpha value is -0.590. The summed E-state index contributed by atoms with van der Waals surface area (Å²) in [6, 6.07) is 2.64. The molecular formula is C25H45NO2. The molecule has 28 heavy (non-hydrogen) atoms. The summed E-state index contributed by atoms with van der Waals surface area (Å²) < 4.78 is 12.1. The Kier molecular flexibility index (Phi) is 11.5. The van der Waals surface area contributed by atoms with Gasteiger partial charge in [0.1, 0.15) is 6.79 Å². The average molecular weight is 392 g/mol. The smallest absolute Gasteiger partial charge is 0.147 e. The Labute approximate surface area is 174 Å². The third-order valence-corrected chi connectivity index (χ3v) is 7.25. The van der Waals surface area contributed by atoms with Gasteiger partial charge in [0, 0.05) is 0 Å². The van der Waals surface area contributed by atoms with Gasteiger partial charge in [-0.2, -0.15) is 5.26 Å². The minimum absolute atomic E-state index is 0.0780. The summed E-state index contributed by atoms with van der Waals surface area (Å²) in [6.45, 7) is 4.96. The molecule has 3 heteroatoms. The Bertz CT molecular complexity index is 428. The van der Waals surface area contributed by atoms with E-state index in [9.17, 15) is 5.26 Å². The summed E-state index contributed by atoms with van der Waals surface area (Å²) in [7, 11) is 0. The fourth-order valence-electron chi connectivity index (χ4n) is 5.12. The van der Waals surface area contributed by atoms with E-state index in [1.807, 2.05) is 0 Å². The van der Waals surface area contributed by atoms with Crippen LogP contribution in [-0.4, -0.2) is 19.0 Å². The van der Waals surface area contributed by atoms with Crippen LogP contribution in [0.1, 0.15) is 123 Å². The second-order valence-corrected chi connectivity index (χ2v) is 9.49. The molecule has 2 saturated carbocycles. The molecule has 0 amide bonds. The van der Waals surface area contributed by atoms with Crippen molar-refractivity contribution in [2.24, 2.45) is 11.3 Å². The lowest BCUT2D eigenvalue weighted by Crippen LogP contribution is -2.31. The molecule has 0 atom stereocenters. The van der Waals surface area contributed by atoms with Gasteiger partial charge in [-0.15, -0.1) is 0 Å². The second kappa shape index (κ2) is 13.6. The van der Waals surface area contributed by atoms with Crippen molar-refractivity contribution in [3.63, 3.8) is 0 Å². The second-order valence-electron chi connectivity index (χ2n) is 9.49. The van der Waals surface area contributed by atoms with Crippen LogP contribution in [0.25, 0.3) is 0 Å². The topological polar surface area (TPSA) is 42.2 Å². The van der Waals surface area contributed by atoms with E-state index in [2.05, 4.69) is 19.9 Å². The quantitative estimate of drug-likeness (QED) is 0.240. The molecule has 0 heterocycles. The zero-order valence-electron chi connectivity index (χ0n) is 18.7. The lowest BCUT2D eigenvalue weighted by molar-refractivity contribution is -0.137. The van der Waals surface area contributed by atoms with Crippen LogP contribution in [0.4, 0.5) is 0 Å². The van der Waals surface area contributed by atoms with E-state index in [1.54, 1.807) is 0 Å². The van der Waals surface area contributed by atoms with Crippen molar-refractivity contribution in [2.75, 3.05) is 6.79 Å². The first kappa shape index (κ1) is 23.7. The lowest BCUT2D eigenvalue weighted by atomic mass is 9.71. The zero-order valence-corrected chi connectivity index (χ0v) is 18.7. The maximum Gasteiger partial charge on any atom is 0.147 e. The molecule has 0 aromatic carbocycles. The number of hydrogen-bond acceptors (Lipinski definition) is 3. The fourth-order valence-corrected chi connectivity index (χ4v) is 5.12. The molecule has 2 aliphatic carbocycles. The monoisotopic (exact) mass is 391 g/mol. The van der Waals surface area contributed by atoms with E-state index < -0.39 is 0 Å². The molecule has 0 saturated heterocycles. The van der Waals surface area contributed by atoms with Crippen LogP contribution in [-0.2, 0) is 9.47 Å². The Balaban J connectivity index is 1.53. The molecule has 0 aromatic rings. The molecule has 0 spiro atoms. The minimum atomic E-state index is -0.0780. The Morgan fingerprint density at radius 3 is 2.00 bits per heavy atom. The number of nitrogens with zero attached hydrogens (tertiary/aromatic N) is 1. The van der Waals surface area contributed by atoms with Gasteiger partial charge in [0.2, 0.25) is 0 Å². The highest BCUT2D eigenvalue weighted by atomic mass is 16.7. The minimum Gasteiger partial charge on any atom is -0.352 e. The predicted molar refractivity (Wildman–Crippen MR) is 116 cm³/mol. The molecule has 2 rings (SSSR count). The lowest BCUT2D eigenvalue weighted by Gasteiger charge is -2.35. The van der Waals surface area contributed by atoms with Crippen molar-refractivity contribution in [2.45, 2.75) is 135 Å². The van der Waals surface area contributed by atoms with Crippen molar-refractivity contribution in [3.05, 3.63) is 0 Å². The van der Waals surface area contributed by atoms with Gasteiger partial charge in [-0.05, 0) is 63.7 Å². The molecule has 0 unspecified atom stereocenters. The fraction of sp³-hybridized carbons (Fsp3) is 0.960. The Morgan fingerprint density at radius 2 is 1.39 bits per heavy atom. The van der Waals surface area contributed by atoms with Crippen LogP contribution in [0.15, 0.2) is 0 Å². The highest BCUT2D eigenvalue weighted by Crippen LogP contribution is 2.41. The zero-order chi connectivity index (χ0) is 20.1. The van der Waals surface area contributed by atoms with Gasteiger partial charge in [-0.1, -0.05) is 65.2 Å². The van der Waals surface area contributed by atoms with Crippen LogP contribution < -0.4 is 0 Å². The van der Waals surface area contributed by atoms with Crippen molar-refractivity contribution < 1.29 is 9.47 Å². The summed E-state index contributed by atoms with van der Waals surface area (Å²) >= 11 is 0. The van der Waals surface area contributed by atoms with Gasteiger partial charge < -0.3 is 9.47 Å². The number of ether oxygens (including phenoxy) is 2. The third-order valence-electron chi connectivity index (χ3n) is 7.25. The molecule has 0 N–H and O–H groups in total. The van der Waals surface area contributed by atoms with Gasteiger partial charge in [0.05, 0.1) is 23.7 Å². The number of nitriles is 1. The SMILES string of the molecule is CCCCCC[C@H]1CC[C@H](OCO[C@H]2CC[C@@](C#N)(CCCCC)CC2)CC1. The summed E-state index contributed by atoms with van der Waals surface area (Å²) in [6.07, 6.45) is 21.5.